The van der Waals surface area contributed by atoms with Crippen LogP contribution in [0.3, 0.4) is 0 Å². The van der Waals surface area contributed by atoms with Crippen LogP contribution in [0.25, 0.3) is 0 Å². The molecule has 0 spiro atoms. The van der Waals surface area contributed by atoms with Gasteiger partial charge in [0.15, 0.2) is 0 Å². The molecule has 92 valence electrons. The average Bonchev–Trinajstić information content (AvgIpc) is 2.57. The number of hydrogen-bond donors (Lipinski definition) is 1. The number of nitrogens with two attached hydrogens (primary N) is 1. The lowest BCUT2D eigenvalue weighted by Gasteiger charge is -2.10. The molecule has 3 nitrogen and oxygen atoms in total. The quantitative estimate of drug-likeness (QED) is 0.830. The minimum absolute atomic E-state index is 0.437. The van der Waals surface area contributed by atoms with Crippen LogP contribution >= 0.6 is 0 Å². The summed E-state index contributed by atoms with van der Waals surface area (Å²) in [5.74, 6) is 2.90. The summed E-state index contributed by atoms with van der Waals surface area (Å²) in [6.07, 6.45) is 2.19. The van der Waals surface area contributed by atoms with Crippen molar-refractivity contribution < 1.29 is 0 Å². The van der Waals surface area contributed by atoms with Crippen molar-refractivity contribution in [2.24, 2.45) is 0 Å². The molecule has 0 aliphatic rings. The first-order valence-corrected chi connectivity index (χ1v) is 6.38. The Labute approximate surface area is 99.1 Å². The molecule has 0 aliphatic heterocycles. The number of imidazole rings is 1. The van der Waals surface area contributed by atoms with Crippen molar-refractivity contribution in [3.05, 3.63) is 11.5 Å². The lowest BCUT2D eigenvalue weighted by atomic mass is 10.1. The molecule has 1 aromatic heterocycles. The van der Waals surface area contributed by atoms with E-state index in [1.165, 1.54) is 0 Å². The number of aromatic nitrogens is 2. The molecule has 0 aromatic carbocycles. The Balaban J connectivity index is 3.18. The van der Waals surface area contributed by atoms with Crippen molar-refractivity contribution in [2.75, 3.05) is 5.73 Å². The van der Waals surface area contributed by atoms with Gasteiger partial charge in [0, 0.05) is 18.4 Å². The first-order chi connectivity index (χ1) is 7.52. The van der Waals surface area contributed by atoms with Gasteiger partial charge >= 0.3 is 0 Å². The number of anilines is 1. The molecule has 1 unspecified atom stereocenters. The van der Waals surface area contributed by atoms with Crippen molar-refractivity contribution in [3.8, 4) is 0 Å². The normalized spacial score (nSPS) is 13.4. The van der Waals surface area contributed by atoms with Crippen LogP contribution in [0.2, 0.25) is 0 Å². The molecule has 1 atom stereocenters. The summed E-state index contributed by atoms with van der Waals surface area (Å²) >= 11 is 0. The maximum absolute atomic E-state index is 6.20. The highest BCUT2D eigenvalue weighted by Crippen LogP contribution is 2.28. The minimum atomic E-state index is 0.437. The Morgan fingerprint density at radius 3 is 2.31 bits per heavy atom. The molecule has 1 rings (SSSR count). The van der Waals surface area contributed by atoms with Crippen LogP contribution in [0.1, 0.15) is 70.8 Å². The van der Waals surface area contributed by atoms with Gasteiger partial charge in [-0.2, -0.15) is 0 Å². The van der Waals surface area contributed by atoms with E-state index in [9.17, 15) is 0 Å². The van der Waals surface area contributed by atoms with Gasteiger partial charge in [-0.15, -0.1) is 0 Å². The van der Waals surface area contributed by atoms with E-state index in [0.29, 0.717) is 11.8 Å². The fourth-order valence-electron chi connectivity index (χ4n) is 1.96. The van der Waals surface area contributed by atoms with Gasteiger partial charge in [0.05, 0.1) is 5.69 Å². The molecule has 0 saturated heterocycles. The predicted octanol–water partition coefficient (Wildman–Crippen LogP) is 3.51. The molecule has 0 bridgehead atoms. The minimum Gasteiger partial charge on any atom is -0.384 e. The van der Waals surface area contributed by atoms with E-state index in [-0.39, 0.29) is 0 Å². The van der Waals surface area contributed by atoms with Gasteiger partial charge in [-0.3, -0.25) is 0 Å². The van der Waals surface area contributed by atoms with Crippen LogP contribution < -0.4 is 5.73 Å². The van der Waals surface area contributed by atoms with Crippen LogP contribution in [0, 0.1) is 0 Å². The largest absolute Gasteiger partial charge is 0.384 e. The third-order valence-electron chi connectivity index (χ3n) is 3.11. The van der Waals surface area contributed by atoms with Gasteiger partial charge in [0.2, 0.25) is 0 Å². The Bertz CT molecular complexity index is 339. The van der Waals surface area contributed by atoms with E-state index < -0.39 is 0 Å². The summed E-state index contributed by atoms with van der Waals surface area (Å²) in [5, 5.41) is 0. The van der Waals surface area contributed by atoms with Crippen LogP contribution in [0.5, 0.6) is 0 Å². The van der Waals surface area contributed by atoms with Gasteiger partial charge < -0.3 is 10.3 Å². The van der Waals surface area contributed by atoms with Gasteiger partial charge in [0.1, 0.15) is 11.6 Å². The van der Waals surface area contributed by atoms with Gasteiger partial charge in [-0.05, 0) is 12.8 Å². The Morgan fingerprint density at radius 2 is 1.88 bits per heavy atom. The third-order valence-corrected chi connectivity index (χ3v) is 3.11. The maximum atomic E-state index is 6.20. The van der Waals surface area contributed by atoms with Crippen LogP contribution in [-0.4, -0.2) is 9.55 Å². The van der Waals surface area contributed by atoms with Crippen LogP contribution in [-0.2, 0) is 6.54 Å². The summed E-state index contributed by atoms with van der Waals surface area (Å²) in [6.45, 7) is 11.9. The Morgan fingerprint density at radius 1 is 1.25 bits per heavy atom. The molecular formula is C13H25N3. The number of nitrogens with zero attached hydrogens (tertiary/aromatic N) is 2. The zero-order valence-electron chi connectivity index (χ0n) is 11.2. The van der Waals surface area contributed by atoms with Crippen molar-refractivity contribution in [2.45, 2.75) is 65.8 Å². The molecule has 0 radical (unpaired) electrons. The second kappa shape index (κ2) is 5.37. The molecule has 16 heavy (non-hydrogen) atoms. The molecule has 1 aromatic rings. The highest BCUT2D eigenvalue weighted by atomic mass is 15.1. The SMILES string of the molecule is CCCn1c(C(C)C)nc(C(C)CC)c1N. The van der Waals surface area contributed by atoms with E-state index in [4.69, 9.17) is 10.7 Å². The standard InChI is InChI=1S/C13H25N3/c1-6-8-16-12(14)11(10(5)7-2)15-13(16)9(3)4/h9-10H,6-8,14H2,1-5H3. The number of hydrogen-bond acceptors (Lipinski definition) is 2. The highest BCUT2D eigenvalue weighted by molar-refractivity contribution is 5.41. The lowest BCUT2D eigenvalue weighted by molar-refractivity contribution is 0.616. The van der Waals surface area contributed by atoms with Crippen LogP contribution in [0.15, 0.2) is 0 Å². The Kier molecular flexibility index (Phi) is 4.39. The van der Waals surface area contributed by atoms with E-state index in [1.807, 2.05) is 0 Å². The summed E-state index contributed by atoms with van der Waals surface area (Å²) < 4.78 is 2.19. The molecular weight excluding hydrogens is 198 g/mol. The van der Waals surface area contributed by atoms with E-state index in [1.54, 1.807) is 0 Å². The summed E-state index contributed by atoms with van der Waals surface area (Å²) in [7, 11) is 0. The molecule has 0 saturated carbocycles. The second-order valence-electron chi connectivity index (χ2n) is 4.86. The third kappa shape index (κ3) is 2.39. The molecule has 2 N–H and O–H groups in total. The lowest BCUT2D eigenvalue weighted by Crippen LogP contribution is -2.08. The smallest absolute Gasteiger partial charge is 0.127 e. The number of rotatable bonds is 5. The molecule has 3 heteroatoms. The van der Waals surface area contributed by atoms with Crippen molar-refractivity contribution in [1.29, 1.82) is 0 Å². The van der Waals surface area contributed by atoms with Crippen LogP contribution in [0.4, 0.5) is 5.82 Å². The fourth-order valence-corrected chi connectivity index (χ4v) is 1.96. The van der Waals surface area contributed by atoms with Crippen molar-refractivity contribution in [1.82, 2.24) is 9.55 Å². The zero-order chi connectivity index (χ0) is 12.3. The van der Waals surface area contributed by atoms with Crippen molar-refractivity contribution in [3.63, 3.8) is 0 Å². The Hall–Kier alpha value is -0.990. The molecule has 0 aliphatic carbocycles. The number of nitrogen functional groups attached to an aromatic ring is 1. The van der Waals surface area contributed by atoms with Gasteiger partial charge in [-0.1, -0.05) is 34.6 Å². The second-order valence-corrected chi connectivity index (χ2v) is 4.86. The summed E-state index contributed by atoms with van der Waals surface area (Å²) in [4.78, 5) is 4.74. The monoisotopic (exact) mass is 223 g/mol. The first kappa shape index (κ1) is 13.1. The topological polar surface area (TPSA) is 43.8 Å². The summed E-state index contributed by atoms with van der Waals surface area (Å²) in [6, 6.07) is 0. The van der Waals surface area contributed by atoms with E-state index in [0.717, 1.165) is 36.7 Å². The molecule has 0 fully saturated rings. The molecule has 1 heterocycles. The first-order valence-electron chi connectivity index (χ1n) is 6.38. The highest BCUT2D eigenvalue weighted by Gasteiger charge is 2.19. The molecule has 0 amide bonds. The van der Waals surface area contributed by atoms with Crippen molar-refractivity contribution >= 4 is 5.82 Å². The van der Waals surface area contributed by atoms with E-state index >= 15 is 0 Å². The van der Waals surface area contributed by atoms with Gasteiger partial charge in [-0.25, -0.2) is 4.98 Å². The van der Waals surface area contributed by atoms with E-state index in [2.05, 4.69) is 39.2 Å². The zero-order valence-corrected chi connectivity index (χ0v) is 11.2. The van der Waals surface area contributed by atoms with Gasteiger partial charge in [0.25, 0.3) is 0 Å². The summed E-state index contributed by atoms with van der Waals surface area (Å²) in [5.41, 5.74) is 7.29. The predicted molar refractivity (Wildman–Crippen MR) is 69.7 cm³/mol. The fraction of sp³-hybridized carbons (Fsp3) is 0.769. The maximum Gasteiger partial charge on any atom is 0.127 e. The average molecular weight is 223 g/mol.